The lowest BCUT2D eigenvalue weighted by Crippen LogP contribution is -2.48. The van der Waals surface area contributed by atoms with Crippen molar-refractivity contribution in [3.8, 4) is 0 Å². The summed E-state index contributed by atoms with van der Waals surface area (Å²) in [5.74, 6) is 0. The molecule has 0 bridgehead atoms. The average Bonchev–Trinajstić information content (AvgIpc) is 2.71. The van der Waals surface area contributed by atoms with Crippen molar-refractivity contribution in [1.29, 1.82) is 0 Å². The third-order valence-electron chi connectivity index (χ3n) is 2.38. The number of carbonyl (C=O) groups excluding carboxylic acids is 1. The van der Waals surface area contributed by atoms with Crippen molar-refractivity contribution < 1.29 is 4.79 Å². The fourth-order valence-electron chi connectivity index (χ4n) is 1.58. The first-order valence-electron chi connectivity index (χ1n) is 4.56. The molecule has 0 aliphatic carbocycles. The predicted molar refractivity (Wildman–Crippen MR) is 56.6 cm³/mol. The molecule has 2 heterocycles. The highest BCUT2D eigenvalue weighted by molar-refractivity contribution is 7.14. The Labute approximate surface area is 86.9 Å². The summed E-state index contributed by atoms with van der Waals surface area (Å²) in [5, 5.41) is 3.30. The quantitative estimate of drug-likeness (QED) is 0.701. The fourth-order valence-corrected chi connectivity index (χ4v) is 2.37. The van der Waals surface area contributed by atoms with Crippen molar-refractivity contribution in [3.05, 3.63) is 17.5 Å². The molecular weight excluding hydrogens is 198 g/mol. The molecule has 0 unspecified atom stereocenters. The molecule has 75 valence electrons. The molecule has 1 aliphatic heterocycles. The summed E-state index contributed by atoms with van der Waals surface area (Å²) in [6, 6.07) is 3.56. The molecule has 14 heavy (non-hydrogen) atoms. The molecule has 0 spiro atoms. The summed E-state index contributed by atoms with van der Waals surface area (Å²) in [5.41, 5.74) is 6.98. The van der Waals surface area contributed by atoms with Crippen LogP contribution in [0.4, 0.5) is 9.80 Å². The number of urea groups is 1. The van der Waals surface area contributed by atoms with Gasteiger partial charge < -0.3 is 9.80 Å². The van der Waals surface area contributed by atoms with Crippen LogP contribution in [0.2, 0.25) is 0 Å². The smallest absolute Gasteiger partial charge is 0.336 e. The van der Waals surface area contributed by atoms with Crippen LogP contribution in [0, 0.1) is 0 Å². The molecule has 1 aromatic rings. The first-order valence-corrected chi connectivity index (χ1v) is 5.44. The van der Waals surface area contributed by atoms with Crippen LogP contribution >= 0.6 is 11.3 Å². The van der Waals surface area contributed by atoms with E-state index < -0.39 is 6.03 Å². The number of thiophene rings is 1. The molecule has 1 saturated heterocycles. The maximum Gasteiger partial charge on any atom is 0.336 e. The van der Waals surface area contributed by atoms with Gasteiger partial charge in [-0.2, -0.15) is 0 Å². The number of hydrogen-bond donors (Lipinski definition) is 0. The number of nitrogens with zero attached hydrogens (tertiary/aromatic N) is 2. The highest BCUT2D eigenvalue weighted by Crippen LogP contribution is 2.22. The van der Waals surface area contributed by atoms with E-state index in [0.717, 1.165) is 13.1 Å². The van der Waals surface area contributed by atoms with Crippen molar-refractivity contribution in [2.75, 3.05) is 31.1 Å². The molecule has 1 radical (unpaired) electrons. The van der Waals surface area contributed by atoms with Crippen LogP contribution in [0.1, 0.15) is 0 Å². The average molecular weight is 210 g/mol. The normalized spacial score (nSPS) is 17.1. The Morgan fingerprint density at radius 1 is 1.36 bits per heavy atom. The van der Waals surface area contributed by atoms with Gasteiger partial charge >= 0.3 is 6.03 Å². The van der Waals surface area contributed by atoms with Crippen molar-refractivity contribution in [2.24, 2.45) is 0 Å². The maximum absolute atomic E-state index is 10.8. The Morgan fingerprint density at radius 3 is 2.57 bits per heavy atom. The second-order valence-electron chi connectivity index (χ2n) is 3.23. The predicted octanol–water partition coefficient (Wildman–Crippen LogP) is 1.27. The van der Waals surface area contributed by atoms with Gasteiger partial charge in [-0.3, -0.25) is 0 Å². The molecule has 1 aromatic heterocycles. The van der Waals surface area contributed by atoms with Crippen LogP contribution in [0.3, 0.4) is 0 Å². The number of carbonyl (C=O) groups is 1. The minimum Gasteiger partial charge on any atom is -0.360 e. The van der Waals surface area contributed by atoms with Crippen molar-refractivity contribution in [3.63, 3.8) is 0 Å². The SMILES string of the molecule is [NH]C(=O)N1CCN(c2cccs2)CC1. The molecule has 1 aliphatic rings. The number of hydrogen-bond acceptors (Lipinski definition) is 3. The van der Waals surface area contributed by atoms with Crippen LogP contribution in [0.25, 0.3) is 0 Å². The first-order chi connectivity index (χ1) is 6.77. The lowest BCUT2D eigenvalue weighted by molar-refractivity contribution is 0.202. The molecular formula is C9H12N3OS. The summed E-state index contributed by atoms with van der Waals surface area (Å²) < 4.78 is 0. The third-order valence-corrected chi connectivity index (χ3v) is 3.31. The Kier molecular flexibility index (Phi) is 2.58. The Morgan fingerprint density at radius 2 is 2.07 bits per heavy atom. The number of rotatable bonds is 1. The van der Waals surface area contributed by atoms with E-state index in [1.165, 1.54) is 5.00 Å². The van der Waals surface area contributed by atoms with Crippen LogP contribution < -0.4 is 10.6 Å². The standard InChI is InChI=1S/C9H12N3OS/c10-9(13)12-5-3-11(4-6-12)8-2-1-7-14-8/h1-2,7,10H,3-6H2. The second-order valence-corrected chi connectivity index (χ2v) is 4.16. The molecule has 1 fully saturated rings. The second kappa shape index (κ2) is 3.88. The monoisotopic (exact) mass is 210 g/mol. The van der Waals surface area contributed by atoms with Gasteiger partial charge in [0.1, 0.15) is 0 Å². The summed E-state index contributed by atoms with van der Waals surface area (Å²) in [4.78, 5) is 14.6. The summed E-state index contributed by atoms with van der Waals surface area (Å²) >= 11 is 1.71. The van der Waals surface area contributed by atoms with Crippen molar-refractivity contribution in [1.82, 2.24) is 10.6 Å². The van der Waals surface area contributed by atoms with Gasteiger partial charge in [0.15, 0.2) is 0 Å². The van der Waals surface area contributed by atoms with Crippen LogP contribution in [-0.4, -0.2) is 37.1 Å². The molecule has 5 heteroatoms. The van der Waals surface area contributed by atoms with E-state index in [9.17, 15) is 4.79 Å². The zero-order valence-electron chi connectivity index (χ0n) is 7.77. The van der Waals surface area contributed by atoms with Gasteiger partial charge in [0.05, 0.1) is 5.00 Å². The van der Waals surface area contributed by atoms with E-state index in [2.05, 4.69) is 16.3 Å². The van der Waals surface area contributed by atoms with E-state index in [1.54, 1.807) is 16.2 Å². The fraction of sp³-hybridized carbons (Fsp3) is 0.444. The Bertz CT molecular complexity index is 304. The van der Waals surface area contributed by atoms with E-state index in [0.29, 0.717) is 13.1 Å². The van der Waals surface area contributed by atoms with E-state index in [4.69, 9.17) is 5.73 Å². The number of amides is 2. The zero-order valence-corrected chi connectivity index (χ0v) is 8.59. The molecule has 0 atom stereocenters. The summed E-state index contributed by atoms with van der Waals surface area (Å²) in [7, 11) is 0. The van der Waals surface area contributed by atoms with Gasteiger partial charge in [-0.25, -0.2) is 10.5 Å². The van der Waals surface area contributed by atoms with Crippen molar-refractivity contribution >= 4 is 22.4 Å². The number of nitrogens with one attached hydrogen (secondary N) is 1. The number of anilines is 1. The van der Waals surface area contributed by atoms with Gasteiger partial charge in [-0.1, -0.05) is 0 Å². The van der Waals surface area contributed by atoms with Crippen LogP contribution in [-0.2, 0) is 0 Å². The minimum atomic E-state index is -0.559. The summed E-state index contributed by atoms with van der Waals surface area (Å²) in [6.07, 6.45) is 0. The highest BCUT2D eigenvalue weighted by atomic mass is 32.1. The molecule has 4 nitrogen and oxygen atoms in total. The van der Waals surface area contributed by atoms with E-state index in [1.807, 2.05) is 6.07 Å². The van der Waals surface area contributed by atoms with Crippen molar-refractivity contribution in [2.45, 2.75) is 0 Å². The number of piperazine rings is 1. The molecule has 0 aromatic carbocycles. The molecule has 2 amide bonds. The molecule has 2 rings (SSSR count). The third kappa shape index (κ3) is 1.82. The largest absolute Gasteiger partial charge is 0.360 e. The zero-order chi connectivity index (χ0) is 9.97. The van der Waals surface area contributed by atoms with Gasteiger partial charge in [0.2, 0.25) is 0 Å². The van der Waals surface area contributed by atoms with E-state index in [-0.39, 0.29) is 0 Å². The maximum atomic E-state index is 10.8. The first kappa shape index (κ1) is 9.33. The van der Waals surface area contributed by atoms with Gasteiger partial charge in [0, 0.05) is 26.2 Å². The molecule has 0 saturated carbocycles. The van der Waals surface area contributed by atoms with E-state index >= 15 is 0 Å². The molecule has 1 N–H and O–H groups in total. The van der Waals surface area contributed by atoms with Gasteiger partial charge in [0.25, 0.3) is 0 Å². The minimum absolute atomic E-state index is 0.559. The Hall–Kier alpha value is -1.23. The van der Waals surface area contributed by atoms with Gasteiger partial charge in [-0.05, 0) is 17.5 Å². The Balaban J connectivity index is 1.93. The summed E-state index contributed by atoms with van der Waals surface area (Å²) in [6.45, 7) is 3.01. The lowest BCUT2D eigenvalue weighted by atomic mass is 10.3. The lowest BCUT2D eigenvalue weighted by Gasteiger charge is -2.33. The van der Waals surface area contributed by atoms with Crippen LogP contribution in [0.5, 0.6) is 0 Å². The topological polar surface area (TPSA) is 47.4 Å². The van der Waals surface area contributed by atoms with Crippen LogP contribution in [0.15, 0.2) is 17.5 Å². The van der Waals surface area contributed by atoms with Gasteiger partial charge in [-0.15, -0.1) is 11.3 Å². The highest BCUT2D eigenvalue weighted by Gasteiger charge is 2.19.